The molecule has 28 heavy (non-hydrogen) atoms. The van der Waals surface area contributed by atoms with E-state index in [1.54, 1.807) is 18.4 Å². The Balaban J connectivity index is 1.35. The Morgan fingerprint density at radius 1 is 1.29 bits per heavy atom. The molecule has 6 nitrogen and oxygen atoms in total. The number of para-hydroxylation sites is 1. The van der Waals surface area contributed by atoms with Crippen LogP contribution in [0.15, 0.2) is 46.9 Å². The van der Waals surface area contributed by atoms with Crippen molar-refractivity contribution < 1.29 is 9.53 Å². The van der Waals surface area contributed by atoms with Crippen LogP contribution < -0.4 is 10.1 Å². The van der Waals surface area contributed by atoms with Gasteiger partial charge in [-0.3, -0.25) is 4.79 Å². The van der Waals surface area contributed by atoms with E-state index in [1.807, 2.05) is 24.3 Å². The number of nitrogens with one attached hydrogen (secondary N) is 1. The van der Waals surface area contributed by atoms with Crippen LogP contribution in [0.5, 0.6) is 5.75 Å². The van der Waals surface area contributed by atoms with Gasteiger partial charge in [0, 0.05) is 29.4 Å². The van der Waals surface area contributed by atoms with Crippen LogP contribution in [0.4, 0.5) is 0 Å². The summed E-state index contributed by atoms with van der Waals surface area (Å²) >= 11 is 3.18. The van der Waals surface area contributed by atoms with E-state index in [-0.39, 0.29) is 5.91 Å². The third kappa shape index (κ3) is 4.56. The van der Waals surface area contributed by atoms with Gasteiger partial charge in [-0.1, -0.05) is 36.0 Å². The second kappa shape index (κ2) is 8.79. The zero-order valence-corrected chi connectivity index (χ0v) is 17.3. The normalized spacial score (nSPS) is 13.5. The summed E-state index contributed by atoms with van der Waals surface area (Å²) in [6.45, 7) is 0.447. The second-order valence-corrected chi connectivity index (χ2v) is 8.61. The zero-order chi connectivity index (χ0) is 19.3. The first-order valence-electron chi connectivity index (χ1n) is 9.22. The van der Waals surface area contributed by atoms with Crippen LogP contribution in [0.1, 0.15) is 35.1 Å². The molecule has 0 saturated heterocycles. The average Bonchev–Trinajstić information content (AvgIpc) is 3.27. The van der Waals surface area contributed by atoms with E-state index in [0.717, 1.165) is 41.6 Å². The van der Waals surface area contributed by atoms with E-state index in [0.29, 0.717) is 18.3 Å². The number of nitrogens with zero attached hydrogens (tertiary/aromatic N) is 3. The largest absolute Gasteiger partial charge is 0.496 e. The molecule has 2 heterocycles. The fourth-order valence-corrected chi connectivity index (χ4v) is 4.57. The molecule has 0 atom stereocenters. The van der Waals surface area contributed by atoms with E-state index in [9.17, 15) is 4.79 Å². The third-order valence-corrected chi connectivity index (χ3v) is 6.38. The molecule has 3 aromatic rings. The van der Waals surface area contributed by atoms with E-state index < -0.39 is 0 Å². The molecule has 0 spiro atoms. The Kier molecular flexibility index (Phi) is 5.97. The minimum atomic E-state index is -0.0268. The number of hydrogen-bond donors (Lipinski definition) is 1. The van der Waals surface area contributed by atoms with Gasteiger partial charge in [-0.05, 0) is 30.4 Å². The average molecular weight is 415 g/mol. The molecule has 1 amide bonds. The highest BCUT2D eigenvalue weighted by Crippen LogP contribution is 2.39. The van der Waals surface area contributed by atoms with Crippen molar-refractivity contribution >= 4 is 29.0 Å². The SMILES string of the molecule is COc1ccccc1CNC(=O)CSc1nnc(Cc2cccs2)n1C1CC1. The van der Waals surface area contributed by atoms with Gasteiger partial charge < -0.3 is 14.6 Å². The monoisotopic (exact) mass is 414 g/mol. The molecule has 0 bridgehead atoms. The summed E-state index contributed by atoms with van der Waals surface area (Å²) in [5.74, 6) is 2.06. The van der Waals surface area contributed by atoms with Gasteiger partial charge in [0.15, 0.2) is 5.16 Å². The van der Waals surface area contributed by atoms with Gasteiger partial charge in [0.25, 0.3) is 0 Å². The highest BCUT2D eigenvalue weighted by molar-refractivity contribution is 7.99. The number of ether oxygens (including phenoxy) is 1. The maximum atomic E-state index is 12.3. The molecule has 8 heteroatoms. The molecule has 2 aromatic heterocycles. The van der Waals surface area contributed by atoms with Crippen LogP contribution in [0.25, 0.3) is 0 Å². The fraction of sp³-hybridized carbons (Fsp3) is 0.350. The predicted octanol–water partition coefficient (Wildman–Crippen LogP) is 3.68. The Morgan fingerprint density at radius 3 is 2.89 bits per heavy atom. The van der Waals surface area contributed by atoms with Gasteiger partial charge in [-0.2, -0.15) is 0 Å². The summed E-state index contributed by atoms with van der Waals surface area (Å²) in [6.07, 6.45) is 3.10. The first-order valence-corrected chi connectivity index (χ1v) is 11.1. The first kappa shape index (κ1) is 19.0. The number of thioether (sulfide) groups is 1. The molecule has 1 saturated carbocycles. The van der Waals surface area contributed by atoms with Crippen molar-refractivity contribution in [3.63, 3.8) is 0 Å². The van der Waals surface area contributed by atoms with E-state index in [2.05, 4.69) is 37.6 Å². The molecule has 1 aromatic carbocycles. The number of carbonyl (C=O) groups is 1. The van der Waals surface area contributed by atoms with Gasteiger partial charge >= 0.3 is 0 Å². The third-order valence-electron chi connectivity index (χ3n) is 4.56. The smallest absolute Gasteiger partial charge is 0.230 e. The van der Waals surface area contributed by atoms with Crippen molar-refractivity contribution in [3.8, 4) is 5.75 Å². The number of methoxy groups -OCH3 is 1. The minimum Gasteiger partial charge on any atom is -0.496 e. The van der Waals surface area contributed by atoms with Crippen molar-refractivity contribution in [2.45, 2.75) is 37.0 Å². The van der Waals surface area contributed by atoms with Crippen LogP contribution in [0.3, 0.4) is 0 Å². The van der Waals surface area contributed by atoms with Gasteiger partial charge in [0.05, 0.1) is 12.9 Å². The Bertz CT molecular complexity index is 936. The van der Waals surface area contributed by atoms with E-state index in [4.69, 9.17) is 4.74 Å². The molecule has 1 N–H and O–H groups in total. The lowest BCUT2D eigenvalue weighted by molar-refractivity contribution is -0.118. The number of benzene rings is 1. The summed E-state index contributed by atoms with van der Waals surface area (Å²) in [6, 6.07) is 12.3. The van der Waals surface area contributed by atoms with Gasteiger partial charge in [0.2, 0.25) is 5.91 Å². The standard InChI is InChI=1S/C20H22N4O2S2/c1-26-17-7-3-2-5-14(17)12-21-19(25)13-28-20-23-22-18(24(20)15-8-9-15)11-16-6-4-10-27-16/h2-7,10,15H,8-9,11-13H2,1H3,(H,21,25). The van der Waals surface area contributed by atoms with Crippen LogP contribution >= 0.6 is 23.1 Å². The Labute approximate surface area is 172 Å². The van der Waals surface area contributed by atoms with E-state index in [1.165, 1.54) is 16.6 Å². The number of hydrogen-bond acceptors (Lipinski definition) is 6. The van der Waals surface area contributed by atoms with Crippen molar-refractivity contribution in [1.29, 1.82) is 0 Å². The van der Waals surface area contributed by atoms with Gasteiger partial charge in [0.1, 0.15) is 11.6 Å². The lowest BCUT2D eigenvalue weighted by Crippen LogP contribution is -2.25. The maximum absolute atomic E-state index is 12.3. The molecule has 146 valence electrons. The molecule has 1 aliphatic rings. The quantitative estimate of drug-likeness (QED) is 0.541. The topological polar surface area (TPSA) is 69.0 Å². The highest BCUT2D eigenvalue weighted by Gasteiger charge is 2.29. The zero-order valence-electron chi connectivity index (χ0n) is 15.6. The molecule has 0 radical (unpaired) electrons. The minimum absolute atomic E-state index is 0.0268. The Hall–Kier alpha value is -2.32. The van der Waals surface area contributed by atoms with Crippen LogP contribution in [-0.4, -0.2) is 33.5 Å². The number of thiophene rings is 1. The van der Waals surface area contributed by atoms with Crippen molar-refractivity contribution in [3.05, 3.63) is 58.0 Å². The molecular formula is C20H22N4O2S2. The molecule has 0 unspecified atom stereocenters. The van der Waals surface area contributed by atoms with Gasteiger partial charge in [-0.15, -0.1) is 21.5 Å². The molecule has 4 rings (SSSR count). The number of rotatable bonds is 9. The lowest BCUT2D eigenvalue weighted by Gasteiger charge is -2.10. The van der Waals surface area contributed by atoms with Crippen molar-refractivity contribution in [2.24, 2.45) is 0 Å². The number of amides is 1. The highest BCUT2D eigenvalue weighted by atomic mass is 32.2. The van der Waals surface area contributed by atoms with Crippen LogP contribution in [-0.2, 0) is 17.8 Å². The molecule has 1 aliphatic carbocycles. The fourth-order valence-electron chi connectivity index (χ4n) is 3.02. The van der Waals surface area contributed by atoms with Crippen molar-refractivity contribution in [2.75, 3.05) is 12.9 Å². The first-order chi connectivity index (χ1) is 13.7. The second-order valence-electron chi connectivity index (χ2n) is 6.63. The summed E-state index contributed by atoms with van der Waals surface area (Å²) in [5, 5.41) is 14.6. The number of aromatic nitrogens is 3. The lowest BCUT2D eigenvalue weighted by atomic mass is 10.2. The van der Waals surface area contributed by atoms with E-state index >= 15 is 0 Å². The molecular weight excluding hydrogens is 392 g/mol. The van der Waals surface area contributed by atoms with Gasteiger partial charge in [-0.25, -0.2) is 0 Å². The van der Waals surface area contributed by atoms with Crippen LogP contribution in [0.2, 0.25) is 0 Å². The maximum Gasteiger partial charge on any atom is 0.230 e. The molecule has 0 aliphatic heterocycles. The van der Waals surface area contributed by atoms with Crippen LogP contribution in [0, 0.1) is 0 Å². The summed E-state index contributed by atoms with van der Waals surface area (Å²) in [5.41, 5.74) is 0.961. The summed E-state index contributed by atoms with van der Waals surface area (Å²) in [7, 11) is 1.63. The number of carbonyl (C=O) groups excluding carboxylic acids is 1. The predicted molar refractivity (Wildman–Crippen MR) is 111 cm³/mol. The summed E-state index contributed by atoms with van der Waals surface area (Å²) in [4.78, 5) is 13.6. The summed E-state index contributed by atoms with van der Waals surface area (Å²) < 4.78 is 7.54. The van der Waals surface area contributed by atoms with Crippen molar-refractivity contribution in [1.82, 2.24) is 20.1 Å². The molecule has 1 fully saturated rings. The Morgan fingerprint density at radius 2 is 2.14 bits per heavy atom.